The molecule has 118 valence electrons. The number of aliphatic carboxylic acids is 1. The quantitative estimate of drug-likeness (QED) is 0.675. The number of benzene rings is 1. The Morgan fingerprint density at radius 2 is 2.18 bits per heavy atom. The van der Waals surface area contributed by atoms with E-state index in [9.17, 15) is 24.8 Å². The van der Waals surface area contributed by atoms with E-state index in [-0.39, 0.29) is 23.0 Å². The van der Waals surface area contributed by atoms with Gasteiger partial charge in [-0.3, -0.25) is 14.9 Å². The van der Waals surface area contributed by atoms with E-state index in [4.69, 9.17) is 11.6 Å². The Morgan fingerprint density at radius 3 is 2.73 bits per heavy atom. The third-order valence-corrected chi connectivity index (χ3v) is 4.34. The van der Waals surface area contributed by atoms with Crippen molar-refractivity contribution in [3.05, 3.63) is 38.9 Å². The number of nitro benzene ring substituents is 1. The smallest absolute Gasteiger partial charge is 0.329 e. The van der Waals surface area contributed by atoms with Crippen LogP contribution >= 0.6 is 11.6 Å². The van der Waals surface area contributed by atoms with Gasteiger partial charge in [-0.25, -0.2) is 4.79 Å². The average Bonchev–Trinajstić information content (AvgIpc) is 2.84. The van der Waals surface area contributed by atoms with Crippen LogP contribution in [-0.4, -0.2) is 38.9 Å². The molecule has 1 heterocycles. The summed E-state index contributed by atoms with van der Waals surface area (Å²) in [5.41, 5.74) is -0.917. The lowest BCUT2D eigenvalue weighted by Gasteiger charge is -2.31. The largest absolute Gasteiger partial charge is 0.480 e. The summed E-state index contributed by atoms with van der Waals surface area (Å²) in [6.45, 7) is 1.91. The van der Waals surface area contributed by atoms with Crippen LogP contribution in [0.15, 0.2) is 18.2 Å². The molecule has 0 aromatic heterocycles. The number of nitrogens with zero attached hydrogens (tertiary/aromatic N) is 2. The molecule has 22 heavy (non-hydrogen) atoms. The van der Waals surface area contributed by atoms with E-state index in [1.165, 1.54) is 30.0 Å². The van der Waals surface area contributed by atoms with E-state index >= 15 is 0 Å². The van der Waals surface area contributed by atoms with Gasteiger partial charge in [-0.1, -0.05) is 17.7 Å². The molecular weight excluding hydrogens is 312 g/mol. The first-order valence-electron chi connectivity index (χ1n) is 6.72. The van der Waals surface area contributed by atoms with Crippen molar-refractivity contribution in [3.8, 4) is 0 Å². The number of carbonyl (C=O) groups is 2. The van der Waals surface area contributed by atoms with Crippen molar-refractivity contribution in [1.82, 2.24) is 4.90 Å². The molecule has 1 amide bonds. The Bertz CT molecular complexity index is 648. The molecule has 8 heteroatoms. The van der Waals surface area contributed by atoms with Crippen molar-refractivity contribution in [1.29, 1.82) is 0 Å². The lowest BCUT2D eigenvalue weighted by Crippen LogP contribution is -2.51. The van der Waals surface area contributed by atoms with E-state index in [1.807, 2.05) is 0 Å². The molecule has 1 fully saturated rings. The Kier molecular flexibility index (Phi) is 4.37. The van der Waals surface area contributed by atoms with Gasteiger partial charge >= 0.3 is 5.97 Å². The zero-order valence-corrected chi connectivity index (χ0v) is 12.7. The van der Waals surface area contributed by atoms with Crippen LogP contribution in [0.4, 0.5) is 5.69 Å². The number of rotatable bonds is 4. The SMILES string of the molecule is CC1(C(=O)O)CCCN1C(=O)Cc1ccc([N+](=O)[O-])cc1Cl. The third-order valence-electron chi connectivity index (χ3n) is 3.99. The fourth-order valence-electron chi connectivity index (χ4n) is 2.64. The van der Waals surface area contributed by atoms with Crippen LogP contribution in [0.3, 0.4) is 0 Å². The zero-order valence-electron chi connectivity index (χ0n) is 11.9. The first-order chi connectivity index (χ1) is 10.3. The van der Waals surface area contributed by atoms with Gasteiger partial charge in [0.2, 0.25) is 5.91 Å². The fourth-order valence-corrected chi connectivity index (χ4v) is 2.88. The second-order valence-electron chi connectivity index (χ2n) is 5.44. The van der Waals surface area contributed by atoms with Crippen LogP contribution in [0.1, 0.15) is 25.3 Å². The molecule has 0 bridgehead atoms. The highest BCUT2D eigenvalue weighted by Crippen LogP contribution is 2.31. The number of hydrogen-bond donors (Lipinski definition) is 1. The van der Waals surface area contributed by atoms with E-state index in [0.29, 0.717) is 24.9 Å². The molecule has 1 aromatic carbocycles. The minimum absolute atomic E-state index is 0.0836. The molecule has 1 unspecified atom stereocenters. The van der Waals surface area contributed by atoms with Crippen LogP contribution in [0, 0.1) is 10.1 Å². The van der Waals surface area contributed by atoms with Crippen molar-refractivity contribution < 1.29 is 19.6 Å². The van der Waals surface area contributed by atoms with Gasteiger partial charge in [-0.05, 0) is 25.3 Å². The number of carboxylic acid groups (broad SMARTS) is 1. The Labute approximate surface area is 131 Å². The maximum Gasteiger partial charge on any atom is 0.329 e. The molecule has 1 N–H and O–H groups in total. The number of halogens is 1. The van der Waals surface area contributed by atoms with Crippen LogP contribution < -0.4 is 0 Å². The minimum Gasteiger partial charge on any atom is -0.480 e. The monoisotopic (exact) mass is 326 g/mol. The number of carbonyl (C=O) groups excluding carboxylic acids is 1. The average molecular weight is 327 g/mol. The first kappa shape index (κ1) is 16.2. The summed E-state index contributed by atoms with van der Waals surface area (Å²) in [6, 6.07) is 3.88. The number of hydrogen-bond acceptors (Lipinski definition) is 4. The normalized spacial score (nSPS) is 20.9. The molecule has 1 aliphatic rings. The second-order valence-corrected chi connectivity index (χ2v) is 5.84. The van der Waals surface area contributed by atoms with Gasteiger partial charge < -0.3 is 10.0 Å². The van der Waals surface area contributed by atoms with Crippen molar-refractivity contribution in [2.45, 2.75) is 31.7 Å². The summed E-state index contributed by atoms with van der Waals surface area (Å²) in [7, 11) is 0. The summed E-state index contributed by atoms with van der Waals surface area (Å²) in [4.78, 5) is 35.2. The maximum absolute atomic E-state index is 12.4. The fraction of sp³-hybridized carbons (Fsp3) is 0.429. The van der Waals surface area contributed by atoms with Gasteiger partial charge in [-0.15, -0.1) is 0 Å². The van der Waals surface area contributed by atoms with Crippen LogP contribution in [0.2, 0.25) is 5.02 Å². The van der Waals surface area contributed by atoms with Gasteiger partial charge in [0.25, 0.3) is 5.69 Å². The van der Waals surface area contributed by atoms with Crippen molar-refractivity contribution in [2.24, 2.45) is 0 Å². The molecule has 0 saturated carbocycles. The highest BCUT2D eigenvalue weighted by atomic mass is 35.5. The van der Waals surface area contributed by atoms with Gasteiger partial charge in [0, 0.05) is 18.7 Å². The molecule has 1 aliphatic heterocycles. The number of likely N-dealkylation sites (tertiary alicyclic amines) is 1. The molecule has 0 aliphatic carbocycles. The van der Waals surface area contributed by atoms with Crippen LogP contribution in [0.25, 0.3) is 0 Å². The summed E-state index contributed by atoms with van der Waals surface area (Å²) in [5.74, 6) is -1.38. The highest BCUT2D eigenvalue weighted by Gasteiger charge is 2.45. The molecular formula is C14H15ClN2O5. The van der Waals surface area contributed by atoms with E-state index < -0.39 is 16.4 Å². The van der Waals surface area contributed by atoms with Crippen molar-refractivity contribution in [2.75, 3.05) is 6.54 Å². The number of non-ortho nitro benzene ring substituents is 1. The topological polar surface area (TPSA) is 101 Å². The summed E-state index contributed by atoms with van der Waals surface area (Å²) in [5, 5.41) is 20.1. The summed E-state index contributed by atoms with van der Waals surface area (Å²) < 4.78 is 0. The number of amides is 1. The predicted molar refractivity (Wildman–Crippen MR) is 78.8 cm³/mol. The van der Waals surface area contributed by atoms with Crippen molar-refractivity contribution >= 4 is 29.2 Å². The highest BCUT2D eigenvalue weighted by molar-refractivity contribution is 6.31. The minimum atomic E-state index is -1.20. The third kappa shape index (κ3) is 2.89. The van der Waals surface area contributed by atoms with E-state index in [1.54, 1.807) is 0 Å². The predicted octanol–water partition coefficient (Wildman–Crippen LogP) is 2.26. The maximum atomic E-state index is 12.4. The van der Waals surface area contributed by atoms with E-state index in [2.05, 4.69) is 0 Å². The number of nitro groups is 1. The van der Waals surface area contributed by atoms with Crippen LogP contribution in [0.5, 0.6) is 0 Å². The number of carboxylic acids is 1. The summed E-state index contributed by atoms with van der Waals surface area (Å²) in [6.07, 6.45) is 0.949. The van der Waals surface area contributed by atoms with Crippen LogP contribution in [-0.2, 0) is 16.0 Å². The zero-order chi connectivity index (χ0) is 16.5. The lowest BCUT2D eigenvalue weighted by molar-refractivity contribution is -0.384. The Morgan fingerprint density at radius 1 is 1.50 bits per heavy atom. The molecule has 7 nitrogen and oxygen atoms in total. The van der Waals surface area contributed by atoms with E-state index in [0.717, 1.165) is 0 Å². The molecule has 1 saturated heterocycles. The van der Waals surface area contributed by atoms with Gasteiger partial charge in [0.1, 0.15) is 5.54 Å². The molecule has 1 atom stereocenters. The standard InChI is InChI=1S/C14H15ClN2O5/c1-14(13(19)20)5-2-6-16(14)12(18)7-9-3-4-10(17(21)22)8-11(9)15/h3-4,8H,2,5-7H2,1H3,(H,19,20). The summed E-state index contributed by atoms with van der Waals surface area (Å²) >= 11 is 5.97. The lowest BCUT2D eigenvalue weighted by atomic mass is 9.98. The van der Waals surface area contributed by atoms with Gasteiger partial charge in [-0.2, -0.15) is 0 Å². The first-order valence-corrected chi connectivity index (χ1v) is 7.10. The molecule has 0 spiro atoms. The van der Waals surface area contributed by atoms with Crippen molar-refractivity contribution in [3.63, 3.8) is 0 Å². The van der Waals surface area contributed by atoms with Gasteiger partial charge in [0.05, 0.1) is 16.4 Å². The van der Waals surface area contributed by atoms with Gasteiger partial charge in [0.15, 0.2) is 0 Å². The Balaban J connectivity index is 2.19. The molecule has 0 radical (unpaired) electrons. The molecule has 2 rings (SSSR count). The second kappa shape index (κ2) is 5.92. The molecule has 1 aromatic rings. The Hall–Kier alpha value is -2.15.